The zero-order chi connectivity index (χ0) is 14.0. The van der Waals surface area contributed by atoms with Crippen molar-refractivity contribution in [1.29, 1.82) is 0 Å². The van der Waals surface area contributed by atoms with Gasteiger partial charge in [-0.15, -0.1) is 0 Å². The van der Waals surface area contributed by atoms with Gasteiger partial charge < -0.3 is 9.47 Å². The fourth-order valence-electron chi connectivity index (χ4n) is 1.54. The largest absolute Gasteiger partial charge is 0.495 e. The Balaban J connectivity index is 2.68. The van der Waals surface area contributed by atoms with E-state index in [4.69, 9.17) is 21.1 Å². The van der Waals surface area contributed by atoms with E-state index in [-0.39, 0.29) is 21.4 Å². The minimum Gasteiger partial charge on any atom is -0.495 e. The number of hydrogen-bond donors (Lipinski definition) is 0. The Morgan fingerprint density at radius 3 is 2.42 bits per heavy atom. The SMILES string of the molecule is COc1cc(S(=O)(=O)n2ccnc2)c(OC)cc1Cl. The summed E-state index contributed by atoms with van der Waals surface area (Å²) in [5.41, 5.74) is 0. The lowest BCUT2D eigenvalue weighted by Crippen LogP contribution is -2.12. The van der Waals surface area contributed by atoms with Gasteiger partial charge in [-0.3, -0.25) is 0 Å². The van der Waals surface area contributed by atoms with Gasteiger partial charge in [0.25, 0.3) is 10.0 Å². The van der Waals surface area contributed by atoms with Gasteiger partial charge in [0.1, 0.15) is 22.7 Å². The minimum absolute atomic E-state index is 0.0470. The average Bonchev–Trinajstić information content (AvgIpc) is 2.92. The molecule has 0 fully saturated rings. The summed E-state index contributed by atoms with van der Waals surface area (Å²) in [4.78, 5) is 3.67. The Morgan fingerprint density at radius 1 is 1.21 bits per heavy atom. The summed E-state index contributed by atoms with van der Waals surface area (Å²) < 4.78 is 35.9. The van der Waals surface area contributed by atoms with E-state index in [1.165, 1.54) is 45.1 Å². The van der Waals surface area contributed by atoms with Crippen LogP contribution in [-0.2, 0) is 10.0 Å². The van der Waals surface area contributed by atoms with E-state index < -0.39 is 10.0 Å². The van der Waals surface area contributed by atoms with Crippen molar-refractivity contribution in [2.24, 2.45) is 0 Å². The highest BCUT2D eigenvalue weighted by Gasteiger charge is 2.23. The van der Waals surface area contributed by atoms with Crippen LogP contribution < -0.4 is 9.47 Å². The lowest BCUT2D eigenvalue weighted by Gasteiger charge is -2.12. The standard InChI is InChI=1S/C11H11ClN2O4S/c1-17-9-6-11(10(18-2)5-8(9)12)19(15,16)14-4-3-13-7-14/h3-7H,1-2H3. The van der Waals surface area contributed by atoms with Gasteiger partial charge >= 0.3 is 0 Å². The molecule has 0 aliphatic rings. The summed E-state index contributed by atoms with van der Waals surface area (Å²) in [6.45, 7) is 0. The molecule has 102 valence electrons. The van der Waals surface area contributed by atoms with Crippen molar-refractivity contribution in [1.82, 2.24) is 8.96 Å². The maximum Gasteiger partial charge on any atom is 0.272 e. The molecule has 6 nitrogen and oxygen atoms in total. The molecule has 1 aromatic carbocycles. The van der Waals surface area contributed by atoms with Gasteiger partial charge in [0.05, 0.1) is 19.2 Å². The quantitative estimate of drug-likeness (QED) is 0.861. The Bertz CT molecular complexity index is 683. The molecule has 0 amide bonds. The van der Waals surface area contributed by atoms with Gasteiger partial charge in [-0.1, -0.05) is 11.6 Å². The van der Waals surface area contributed by atoms with Crippen LogP contribution in [-0.4, -0.2) is 31.6 Å². The smallest absolute Gasteiger partial charge is 0.272 e. The Hall–Kier alpha value is -1.73. The van der Waals surface area contributed by atoms with Crippen LogP contribution in [0.3, 0.4) is 0 Å². The molecule has 19 heavy (non-hydrogen) atoms. The van der Waals surface area contributed by atoms with Crippen molar-refractivity contribution in [3.8, 4) is 11.5 Å². The molecule has 0 N–H and O–H groups in total. The third-order valence-corrected chi connectivity index (χ3v) is 4.41. The van der Waals surface area contributed by atoms with Gasteiger partial charge in [-0.05, 0) is 0 Å². The van der Waals surface area contributed by atoms with Gasteiger partial charge in [-0.2, -0.15) is 0 Å². The predicted molar refractivity (Wildman–Crippen MR) is 69.4 cm³/mol. The summed E-state index contributed by atoms with van der Waals surface area (Å²) in [7, 11) is -1.03. The second-order valence-electron chi connectivity index (χ2n) is 3.54. The van der Waals surface area contributed by atoms with Crippen molar-refractivity contribution in [2.75, 3.05) is 14.2 Å². The highest BCUT2D eigenvalue weighted by Crippen LogP contribution is 2.35. The number of methoxy groups -OCH3 is 2. The van der Waals surface area contributed by atoms with Crippen LogP contribution in [0.2, 0.25) is 5.02 Å². The maximum atomic E-state index is 12.4. The highest BCUT2D eigenvalue weighted by molar-refractivity contribution is 7.90. The lowest BCUT2D eigenvalue weighted by atomic mass is 10.3. The summed E-state index contributed by atoms with van der Waals surface area (Å²) in [5.74, 6) is 0.389. The van der Waals surface area contributed by atoms with Crippen molar-refractivity contribution < 1.29 is 17.9 Å². The maximum absolute atomic E-state index is 12.4. The molecular weight excluding hydrogens is 292 g/mol. The minimum atomic E-state index is -3.80. The molecule has 0 unspecified atom stereocenters. The number of hydrogen-bond acceptors (Lipinski definition) is 5. The number of imidazole rings is 1. The van der Waals surface area contributed by atoms with Crippen LogP contribution in [0, 0.1) is 0 Å². The third kappa shape index (κ3) is 2.39. The first-order chi connectivity index (χ1) is 9.00. The molecule has 2 rings (SSSR count). The third-order valence-electron chi connectivity index (χ3n) is 2.47. The monoisotopic (exact) mass is 302 g/mol. The molecule has 0 bridgehead atoms. The topological polar surface area (TPSA) is 70.4 Å². The average molecular weight is 303 g/mol. The highest BCUT2D eigenvalue weighted by atomic mass is 35.5. The molecule has 0 saturated heterocycles. The fourth-order valence-corrected chi connectivity index (χ4v) is 3.04. The zero-order valence-corrected chi connectivity index (χ0v) is 11.8. The predicted octanol–water partition coefficient (Wildman–Crippen LogP) is 1.79. The van der Waals surface area contributed by atoms with Crippen LogP contribution in [0.15, 0.2) is 35.7 Å². The van der Waals surface area contributed by atoms with Crippen LogP contribution in [0.25, 0.3) is 0 Å². The fraction of sp³-hybridized carbons (Fsp3) is 0.182. The summed E-state index contributed by atoms with van der Waals surface area (Å²) in [5, 5.41) is 0.268. The molecule has 1 aromatic heterocycles. The molecule has 0 spiro atoms. The van der Waals surface area contributed by atoms with Crippen molar-refractivity contribution in [3.63, 3.8) is 0 Å². The summed E-state index contributed by atoms with van der Waals surface area (Å²) >= 11 is 5.94. The second kappa shape index (κ2) is 5.10. The van der Waals surface area contributed by atoms with E-state index >= 15 is 0 Å². The van der Waals surface area contributed by atoms with Crippen LogP contribution in [0.5, 0.6) is 11.5 Å². The van der Waals surface area contributed by atoms with Crippen LogP contribution >= 0.6 is 11.6 Å². The van der Waals surface area contributed by atoms with Crippen LogP contribution in [0.1, 0.15) is 0 Å². The first-order valence-electron chi connectivity index (χ1n) is 5.15. The zero-order valence-electron chi connectivity index (χ0n) is 10.2. The molecule has 0 atom stereocenters. The number of halogens is 1. The van der Waals surface area contributed by atoms with E-state index in [1.807, 2.05) is 0 Å². The Kier molecular flexibility index (Phi) is 3.68. The number of ether oxygens (including phenoxy) is 2. The molecule has 0 aliphatic carbocycles. The first kappa shape index (κ1) is 13.7. The Labute approximate surface area is 115 Å². The van der Waals surface area contributed by atoms with E-state index in [0.29, 0.717) is 0 Å². The van der Waals surface area contributed by atoms with Crippen molar-refractivity contribution >= 4 is 21.6 Å². The van der Waals surface area contributed by atoms with E-state index in [2.05, 4.69) is 4.98 Å². The van der Waals surface area contributed by atoms with E-state index in [9.17, 15) is 8.42 Å². The van der Waals surface area contributed by atoms with Crippen LogP contribution in [0.4, 0.5) is 0 Å². The molecular formula is C11H11ClN2O4S. The summed E-state index contributed by atoms with van der Waals surface area (Å²) in [6, 6.07) is 2.71. The van der Waals surface area contributed by atoms with Crippen molar-refractivity contribution in [2.45, 2.75) is 4.90 Å². The molecule has 8 heteroatoms. The van der Waals surface area contributed by atoms with Gasteiger partial charge in [-0.25, -0.2) is 17.4 Å². The number of rotatable bonds is 4. The molecule has 0 saturated carbocycles. The normalized spacial score (nSPS) is 11.3. The van der Waals surface area contributed by atoms with E-state index in [1.54, 1.807) is 0 Å². The second-order valence-corrected chi connectivity index (χ2v) is 5.75. The number of aromatic nitrogens is 2. The van der Waals surface area contributed by atoms with Gasteiger partial charge in [0.15, 0.2) is 0 Å². The molecule has 0 radical (unpaired) electrons. The molecule has 1 heterocycles. The molecule has 0 aliphatic heterocycles. The lowest BCUT2D eigenvalue weighted by molar-refractivity contribution is 0.392. The summed E-state index contributed by atoms with van der Waals surface area (Å²) in [6.07, 6.45) is 3.89. The van der Waals surface area contributed by atoms with E-state index in [0.717, 1.165) is 3.97 Å². The Morgan fingerprint density at radius 2 is 1.89 bits per heavy atom. The number of benzene rings is 1. The first-order valence-corrected chi connectivity index (χ1v) is 6.97. The number of nitrogens with zero attached hydrogens (tertiary/aromatic N) is 2. The van der Waals surface area contributed by atoms with Gasteiger partial charge in [0, 0.05) is 24.5 Å². The van der Waals surface area contributed by atoms with Gasteiger partial charge in [0.2, 0.25) is 0 Å². The van der Waals surface area contributed by atoms with Crippen molar-refractivity contribution in [3.05, 3.63) is 35.9 Å². The molecule has 2 aromatic rings.